The molecule has 170 valence electrons. The predicted octanol–water partition coefficient (Wildman–Crippen LogP) is 5.37. The van der Waals surface area contributed by atoms with Crippen molar-refractivity contribution in [3.63, 3.8) is 0 Å². The lowest BCUT2D eigenvalue weighted by molar-refractivity contribution is -0.132. The number of pyridine rings is 1. The number of benzene rings is 2. The number of ether oxygens (including phenoxy) is 1. The number of hydrogen-bond acceptors (Lipinski definition) is 7. The lowest BCUT2D eigenvalue weighted by atomic mass is 9.95. The first-order chi connectivity index (χ1) is 16.5. The van der Waals surface area contributed by atoms with E-state index in [1.54, 1.807) is 54.6 Å². The minimum Gasteiger partial charge on any atom is -0.507 e. The lowest BCUT2D eigenvalue weighted by Crippen LogP contribution is -2.29. The lowest BCUT2D eigenvalue weighted by Gasteiger charge is -2.23. The van der Waals surface area contributed by atoms with E-state index in [1.165, 1.54) is 28.6 Å². The smallest absolute Gasteiger partial charge is 0.301 e. The van der Waals surface area contributed by atoms with E-state index in [4.69, 9.17) is 16.3 Å². The second-order valence-corrected chi connectivity index (χ2v) is 8.96. The number of carbonyl (C=O) groups excluding carboxylic acids is 2. The van der Waals surface area contributed by atoms with Gasteiger partial charge in [-0.05, 0) is 55.0 Å². The van der Waals surface area contributed by atoms with Gasteiger partial charge in [-0.15, -0.1) is 0 Å². The molecule has 4 aromatic rings. The van der Waals surface area contributed by atoms with Crippen molar-refractivity contribution < 1.29 is 19.4 Å². The van der Waals surface area contributed by atoms with Crippen LogP contribution in [-0.4, -0.2) is 33.4 Å². The second kappa shape index (κ2) is 8.89. The molecular weight excluding hydrogens is 474 g/mol. The molecule has 1 N–H and O–H groups in total. The number of nitrogens with zero attached hydrogens (tertiary/aromatic N) is 3. The highest BCUT2D eigenvalue weighted by atomic mass is 35.5. The summed E-state index contributed by atoms with van der Waals surface area (Å²) < 4.78 is 6.31. The van der Waals surface area contributed by atoms with Crippen LogP contribution >= 0.6 is 22.9 Å². The van der Waals surface area contributed by atoms with Crippen LogP contribution in [0.1, 0.15) is 24.1 Å². The molecule has 1 atom stereocenters. The van der Waals surface area contributed by atoms with Crippen molar-refractivity contribution in [2.24, 2.45) is 0 Å². The summed E-state index contributed by atoms with van der Waals surface area (Å²) in [4.78, 5) is 36.4. The van der Waals surface area contributed by atoms with Crippen molar-refractivity contribution >= 4 is 55.7 Å². The second-order valence-electron chi connectivity index (χ2n) is 7.52. The SMILES string of the molecule is CCOc1ccc(C2/C(=C(\O)c3ccncc3)C(=O)C(=O)N2c2nc3ccc(Cl)cc3s2)cc1. The summed E-state index contributed by atoms with van der Waals surface area (Å²) in [5, 5.41) is 12.0. The van der Waals surface area contributed by atoms with Crippen LogP contribution in [0.25, 0.3) is 16.0 Å². The number of rotatable bonds is 5. The summed E-state index contributed by atoms with van der Waals surface area (Å²) in [5.74, 6) is -1.16. The molecule has 9 heteroatoms. The first-order valence-electron chi connectivity index (χ1n) is 10.5. The summed E-state index contributed by atoms with van der Waals surface area (Å²) in [5.41, 5.74) is 1.67. The normalized spacial score (nSPS) is 17.5. The van der Waals surface area contributed by atoms with Crippen LogP contribution in [0.2, 0.25) is 5.02 Å². The van der Waals surface area contributed by atoms with Crippen LogP contribution in [0.3, 0.4) is 0 Å². The Hall–Kier alpha value is -3.75. The standard InChI is InChI=1S/C25H18ClN3O4S/c1-2-33-17-6-3-14(4-7-17)21-20(22(30)15-9-11-27-12-10-15)23(31)24(32)29(21)25-28-18-8-5-16(26)13-19(18)34-25/h3-13,21,30H,2H2,1H3/b22-20+. The van der Waals surface area contributed by atoms with Gasteiger partial charge in [0.25, 0.3) is 5.78 Å². The van der Waals surface area contributed by atoms with E-state index >= 15 is 0 Å². The van der Waals surface area contributed by atoms with E-state index in [2.05, 4.69) is 9.97 Å². The van der Waals surface area contributed by atoms with Crippen molar-refractivity contribution in [2.45, 2.75) is 13.0 Å². The van der Waals surface area contributed by atoms with Gasteiger partial charge in [0, 0.05) is 23.0 Å². The van der Waals surface area contributed by atoms with Gasteiger partial charge >= 0.3 is 5.91 Å². The number of ketones is 1. The zero-order chi connectivity index (χ0) is 23.8. The molecular formula is C25H18ClN3O4S. The van der Waals surface area contributed by atoms with E-state index in [9.17, 15) is 14.7 Å². The average molecular weight is 492 g/mol. The monoisotopic (exact) mass is 491 g/mol. The first-order valence-corrected chi connectivity index (χ1v) is 11.7. The highest BCUT2D eigenvalue weighted by Gasteiger charge is 2.48. The number of aliphatic hydroxyl groups is 1. The Balaban J connectivity index is 1.70. The van der Waals surface area contributed by atoms with E-state index in [0.29, 0.717) is 39.2 Å². The molecule has 34 heavy (non-hydrogen) atoms. The van der Waals surface area contributed by atoms with E-state index in [-0.39, 0.29) is 11.3 Å². The Labute approximate surface area is 203 Å². The van der Waals surface area contributed by atoms with Gasteiger partial charge in [0.1, 0.15) is 11.5 Å². The fourth-order valence-electron chi connectivity index (χ4n) is 3.91. The Morgan fingerprint density at radius 2 is 1.85 bits per heavy atom. The largest absolute Gasteiger partial charge is 0.507 e. The van der Waals surface area contributed by atoms with Crippen molar-refractivity contribution in [1.29, 1.82) is 0 Å². The molecule has 1 saturated heterocycles. The van der Waals surface area contributed by atoms with Gasteiger partial charge in [-0.25, -0.2) is 4.98 Å². The molecule has 2 aromatic heterocycles. The highest BCUT2D eigenvalue weighted by molar-refractivity contribution is 7.22. The Morgan fingerprint density at radius 1 is 1.12 bits per heavy atom. The van der Waals surface area contributed by atoms with Crippen molar-refractivity contribution in [1.82, 2.24) is 9.97 Å². The highest BCUT2D eigenvalue weighted by Crippen LogP contribution is 2.44. The molecule has 0 aliphatic carbocycles. The molecule has 2 aromatic carbocycles. The van der Waals surface area contributed by atoms with E-state index in [1.807, 2.05) is 6.92 Å². The Morgan fingerprint density at radius 3 is 2.56 bits per heavy atom. The van der Waals surface area contributed by atoms with Crippen molar-refractivity contribution in [2.75, 3.05) is 11.5 Å². The molecule has 0 saturated carbocycles. The molecule has 1 unspecified atom stereocenters. The third-order valence-corrected chi connectivity index (χ3v) is 6.70. The Bertz CT molecular complexity index is 1430. The molecule has 1 aliphatic rings. The van der Waals surface area contributed by atoms with Gasteiger partial charge in [-0.2, -0.15) is 0 Å². The number of halogens is 1. The number of anilines is 1. The van der Waals surface area contributed by atoms with Crippen molar-refractivity contribution in [3.05, 3.63) is 88.7 Å². The van der Waals surface area contributed by atoms with Gasteiger partial charge in [-0.1, -0.05) is 35.1 Å². The minimum absolute atomic E-state index is 0.0161. The maximum absolute atomic E-state index is 13.3. The fourth-order valence-corrected chi connectivity index (χ4v) is 5.18. The number of carbonyl (C=O) groups is 2. The summed E-state index contributed by atoms with van der Waals surface area (Å²) in [6.07, 6.45) is 3.02. The number of hydrogen-bond donors (Lipinski definition) is 1. The number of Topliss-reactive ketones (excluding diaryl/α,β-unsaturated/α-hetero) is 1. The van der Waals surface area contributed by atoms with Gasteiger partial charge < -0.3 is 9.84 Å². The van der Waals surface area contributed by atoms with Crippen LogP contribution in [0, 0.1) is 0 Å². The molecule has 0 bridgehead atoms. The summed E-state index contributed by atoms with van der Waals surface area (Å²) in [6, 6.07) is 14.6. The third kappa shape index (κ3) is 3.81. The predicted molar refractivity (Wildman–Crippen MR) is 131 cm³/mol. The number of thiazole rings is 1. The number of aliphatic hydroxyl groups excluding tert-OH is 1. The quantitative estimate of drug-likeness (QED) is 0.229. The van der Waals surface area contributed by atoms with Crippen LogP contribution in [0.4, 0.5) is 5.13 Å². The van der Waals surface area contributed by atoms with E-state index in [0.717, 1.165) is 4.70 Å². The van der Waals surface area contributed by atoms with Gasteiger partial charge in [0.05, 0.1) is 28.4 Å². The van der Waals surface area contributed by atoms with Crippen LogP contribution in [0.5, 0.6) is 5.75 Å². The molecule has 5 rings (SSSR count). The molecule has 3 heterocycles. The molecule has 1 aliphatic heterocycles. The first kappa shape index (κ1) is 22.1. The average Bonchev–Trinajstić information content (AvgIpc) is 3.37. The number of fused-ring (bicyclic) bond motifs is 1. The zero-order valence-electron chi connectivity index (χ0n) is 17.9. The third-order valence-electron chi connectivity index (χ3n) is 5.45. The number of aromatic nitrogens is 2. The summed E-state index contributed by atoms with van der Waals surface area (Å²) in [6.45, 7) is 2.39. The molecule has 0 radical (unpaired) electrons. The summed E-state index contributed by atoms with van der Waals surface area (Å²) >= 11 is 7.38. The fraction of sp³-hybridized carbons (Fsp3) is 0.120. The molecule has 0 spiro atoms. The van der Waals surface area contributed by atoms with E-state index < -0.39 is 17.7 Å². The molecule has 1 amide bonds. The van der Waals surface area contributed by atoms with Gasteiger partial charge in [0.15, 0.2) is 5.13 Å². The minimum atomic E-state index is -0.875. The Kier molecular flexibility index (Phi) is 5.77. The zero-order valence-corrected chi connectivity index (χ0v) is 19.5. The van der Waals surface area contributed by atoms with Gasteiger partial charge in [0.2, 0.25) is 0 Å². The van der Waals surface area contributed by atoms with Crippen LogP contribution in [0.15, 0.2) is 72.6 Å². The van der Waals surface area contributed by atoms with Crippen LogP contribution < -0.4 is 9.64 Å². The van der Waals surface area contributed by atoms with Gasteiger partial charge in [-0.3, -0.25) is 19.5 Å². The molecule has 7 nitrogen and oxygen atoms in total. The van der Waals surface area contributed by atoms with Crippen LogP contribution in [-0.2, 0) is 9.59 Å². The topological polar surface area (TPSA) is 92.6 Å². The number of amides is 1. The molecule has 1 fully saturated rings. The van der Waals surface area contributed by atoms with Crippen molar-refractivity contribution in [3.8, 4) is 5.75 Å². The maximum Gasteiger partial charge on any atom is 0.301 e. The summed E-state index contributed by atoms with van der Waals surface area (Å²) in [7, 11) is 0. The maximum atomic E-state index is 13.3.